The van der Waals surface area contributed by atoms with Crippen LogP contribution in [-0.2, 0) is 9.59 Å². The maximum atomic E-state index is 13.5. The Labute approximate surface area is 210 Å². The minimum Gasteiger partial charge on any atom is -0.507 e. The molecule has 1 aliphatic heterocycles. The van der Waals surface area contributed by atoms with Gasteiger partial charge in [-0.2, -0.15) is 0 Å². The Kier molecular flexibility index (Phi) is 7.29. The minimum atomic E-state index is -0.914. The summed E-state index contributed by atoms with van der Waals surface area (Å²) in [5.41, 5.74) is 2.22. The average Bonchev–Trinajstić information content (AvgIpc) is 3.14. The van der Waals surface area contributed by atoms with Crippen LogP contribution in [0.3, 0.4) is 0 Å². The third-order valence-corrected chi connectivity index (χ3v) is 6.07. The molecule has 7 nitrogen and oxygen atoms in total. The topological polar surface area (TPSA) is 85.3 Å². The van der Waals surface area contributed by atoms with Gasteiger partial charge in [0, 0.05) is 17.3 Å². The Balaban J connectivity index is 1.99. The maximum Gasteiger partial charge on any atom is 0.300 e. The number of benzene rings is 3. The molecule has 4 rings (SSSR count). The number of carbonyl (C=O) groups excluding carboxylic acids is 2. The molecule has 1 amide bonds. The highest BCUT2D eigenvalue weighted by Crippen LogP contribution is 2.46. The fraction of sp³-hybridized carbons (Fsp3) is 0.241. The van der Waals surface area contributed by atoms with Crippen LogP contribution < -0.4 is 19.1 Å². The van der Waals surface area contributed by atoms with Crippen molar-refractivity contribution in [1.82, 2.24) is 0 Å². The highest BCUT2D eigenvalue weighted by Gasteiger charge is 2.48. The second-order valence-electron chi connectivity index (χ2n) is 8.22. The lowest BCUT2D eigenvalue weighted by Crippen LogP contribution is -2.30. The van der Waals surface area contributed by atoms with Crippen LogP contribution in [0.2, 0.25) is 0 Å². The third kappa shape index (κ3) is 4.40. The van der Waals surface area contributed by atoms with E-state index in [1.165, 1.54) is 12.0 Å². The van der Waals surface area contributed by atoms with E-state index in [1.54, 1.807) is 48.5 Å². The van der Waals surface area contributed by atoms with Crippen LogP contribution in [-0.4, -0.2) is 37.1 Å². The number of anilines is 1. The zero-order chi connectivity index (χ0) is 25.8. The summed E-state index contributed by atoms with van der Waals surface area (Å²) in [6.07, 6.45) is 0. The highest BCUT2D eigenvalue weighted by molar-refractivity contribution is 6.51. The van der Waals surface area contributed by atoms with Gasteiger partial charge in [-0.1, -0.05) is 36.4 Å². The second kappa shape index (κ2) is 10.6. The number of aliphatic hydroxyl groups excluding tert-OH is 1. The lowest BCUT2D eigenvalue weighted by molar-refractivity contribution is -0.132. The Morgan fingerprint density at radius 1 is 0.917 bits per heavy atom. The van der Waals surface area contributed by atoms with E-state index >= 15 is 0 Å². The van der Waals surface area contributed by atoms with E-state index in [4.69, 9.17) is 14.2 Å². The smallest absolute Gasteiger partial charge is 0.300 e. The summed E-state index contributed by atoms with van der Waals surface area (Å²) in [7, 11) is 1.53. The van der Waals surface area contributed by atoms with Gasteiger partial charge in [-0.25, -0.2) is 0 Å². The predicted octanol–water partition coefficient (Wildman–Crippen LogP) is 5.43. The molecule has 1 atom stereocenters. The maximum absolute atomic E-state index is 13.5. The zero-order valence-electron chi connectivity index (χ0n) is 20.8. The fourth-order valence-electron chi connectivity index (χ4n) is 4.48. The number of carbonyl (C=O) groups is 2. The van der Waals surface area contributed by atoms with Crippen molar-refractivity contribution in [1.29, 1.82) is 0 Å². The standard InChI is InChI=1S/C29H29NO6/c1-5-35-19-15-16-21(24(17-19)36-6-2)27(31)25-26(20-12-8-10-14-23(20)34-4)30(29(33)28(25)32)22-13-9-7-11-18(22)3/h7-17,26,31H,5-6H2,1-4H3/b27-25+. The summed E-state index contributed by atoms with van der Waals surface area (Å²) in [5, 5.41) is 11.6. The van der Waals surface area contributed by atoms with Crippen molar-refractivity contribution in [3.8, 4) is 17.2 Å². The molecule has 0 radical (unpaired) electrons. The largest absolute Gasteiger partial charge is 0.507 e. The number of para-hydroxylation sites is 2. The molecule has 1 unspecified atom stereocenters. The molecule has 0 spiro atoms. The van der Waals surface area contributed by atoms with Crippen LogP contribution in [0, 0.1) is 6.92 Å². The quantitative estimate of drug-likeness (QED) is 0.259. The summed E-state index contributed by atoms with van der Waals surface area (Å²) in [4.78, 5) is 28.4. The van der Waals surface area contributed by atoms with Gasteiger partial charge >= 0.3 is 0 Å². The molecule has 3 aromatic carbocycles. The molecule has 186 valence electrons. The molecule has 36 heavy (non-hydrogen) atoms. The lowest BCUT2D eigenvalue weighted by Gasteiger charge is -2.28. The lowest BCUT2D eigenvalue weighted by atomic mass is 9.94. The SMILES string of the molecule is CCOc1ccc(/C(O)=C2\C(=O)C(=O)N(c3ccccc3C)C2c2ccccc2OC)c(OCC)c1. The number of ketones is 1. The first-order chi connectivity index (χ1) is 17.4. The number of aliphatic hydroxyl groups is 1. The Morgan fingerprint density at radius 3 is 2.31 bits per heavy atom. The van der Waals surface area contributed by atoms with Gasteiger partial charge in [-0.15, -0.1) is 0 Å². The number of hydrogen-bond donors (Lipinski definition) is 1. The zero-order valence-corrected chi connectivity index (χ0v) is 20.8. The number of ether oxygens (including phenoxy) is 3. The molecular weight excluding hydrogens is 458 g/mol. The Bertz CT molecular complexity index is 1330. The normalized spacial score (nSPS) is 16.8. The summed E-state index contributed by atoms with van der Waals surface area (Å²) >= 11 is 0. The first-order valence-electron chi connectivity index (χ1n) is 11.8. The van der Waals surface area contributed by atoms with E-state index in [-0.39, 0.29) is 11.3 Å². The van der Waals surface area contributed by atoms with Crippen molar-refractivity contribution < 1.29 is 28.9 Å². The van der Waals surface area contributed by atoms with E-state index in [9.17, 15) is 14.7 Å². The van der Waals surface area contributed by atoms with Crippen molar-refractivity contribution in [3.05, 3.63) is 89.0 Å². The summed E-state index contributed by atoms with van der Waals surface area (Å²) in [6, 6.07) is 18.6. The minimum absolute atomic E-state index is 0.0436. The molecule has 1 fully saturated rings. The number of amides is 1. The average molecular weight is 488 g/mol. The second-order valence-corrected chi connectivity index (χ2v) is 8.22. The summed E-state index contributed by atoms with van der Waals surface area (Å²) < 4.78 is 16.9. The van der Waals surface area contributed by atoms with Crippen LogP contribution in [0.1, 0.15) is 36.6 Å². The van der Waals surface area contributed by atoms with Gasteiger partial charge < -0.3 is 19.3 Å². The van der Waals surface area contributed by atoms with Crippen LogP contribution in [0.25, 0.3) is 5.76 Å². The van der Waals surface area contributed by atoms with Crippen molar-refractivity contribution in [2.45, 2.75) is 26.8 Å². The highest BCUT2D eigenvalue weighted by atomic mass is 16.5. The Morgan fingerprint density at radius 2 is 1.61 bits per heavy atom. The van der Waals surface area contributed by atoms with Gasteiger partial charge in [0.15, 0.2) is 0 Å². The monoisotopic (exact) mass is 487 g/mol. The van der Waals surface area contributed by atoms with Crippen LogP contribution in [0.15, 0.2) is 72.3 Å². The molecule has 1 N–H and O–H groups in total. The van der Waals surface area contributed by atoms with E-state index in [1.807, 2.05) is 39.0 Å². The van der Waals surface area contributed by atoms with E-state index in [0.29, 0.717) is 47.3 Å². The van der Waals surface area contributed by atoms with E-state index in [0.717, 1.165) is 5.56 Å². The van der Waals surface area contributed by atoms with Crippen molar-refractivity contribution in [2.75, 3.05) is 25.2 Å². The first-order valence-corrected chi connectivity index (χ1v) is 11.8. The number of hydrogen-bond acceptors (Lipinski definition) is 6. The van der Waals surface area contributed by atoms with E-state index in [2.05, 4.69) is 0 Å². The number of nitrogens with zero attached hydrogens (tertiary/aromatic N) is 1. The molecule has 7 heteroatoms. The molecule has 1 aliphatic rings. The molecule has 1 saturated heterocycles. The molecule has 0 aliphatic carbocycles. The van der Waals surface area contributed by atoms with Gasteiger partial charge in [0.05, 0.1) is 37.5 Å². The fourth-order valence-corrected chi connectivity index (χ4v) is 4.48. The molecule has 3 aromatic rings. The van der Waals surface area contributed by atoms with Gasteiger partial charge in [-0.05, 0) is 50.6 Å². The molecule has 0 aromatic heterocycles. The summed E-state index contributed by atoms with van der Waals surface area (Å²) in [6.45, 7) is 6.36. The Hall–Kier alpha value is -4.26. The first kappa shape index (κ1) is 24.9. The molecule has 0 bridgehead atoms. The predicted molar refractivity (Wildman–Crippen MR) is 138 cm³/mol. The van der Waals surface area contributed by atoms with Crippen molar-refractivity contribution >= 4 is 23.1 Å². The van der Waals surface area contributed by atoms with E-state index < -0.39 is 17.7 Å². The number of aryl methyl sites for hydroxylation is 1. The van der Waals surface area contributed by atoms with Gasteiger partial charge in [0.2, 0.25) is 0 Å². The van der Waals surface area contributed by atoms with Gasteiger partial charge in [0.1, 0.15) is 23.0 Å². The summed E-state index contributed by atoms with van der Waals surface area (Å²) in [5.74, 6) is -0.438. The number of Topliss-reactive ketones (excluding diaryl/α,β-unsaturated/α-hetero) is 1. The van der Waals surface area contributed by atoms with Crippen molar-refractivity contribution in [2.24, 2.45) is 0 Å². The molecular formula is C29H29NO6. The van der Waals surface area contributed by atoms with Crippen LogP contribution in [0.5, 0.6) is 17.2 Å². The number of rotatable bonds is 8. The molecule has 1 heterocycles. The van der Waals surface area contributed by atoms with Crippen LogP contribution >= 0.6 is 0 Å². The van der Waals surface area contributed by atoms with Gasteiger partial charge in [0.25, 0.3) is 11.7 Å². The third-order valence-electron chi connectivity index (χ3n) is 6.07. The molecule has 0 saturated carbocycles. The number of methoxy groups -OCH3 is 1. The van der Waals surface area contributed by atoms with Crippen LogP contribution in [0.4, 0.5) is 5.69 Å². The van der Waals surface area contributed by atoms with Crippen molar-refractivity contribution in [3.63, 3.8) is 0 Å². The van der Waals surface area contributed by atoms with Gasteiger partial charge in [-0.3, -0.25) is 14.5 Å².